The molecule has 2 aromatic rings. The maximum atomic E-state index is 13.0. The summed E-state index contributed by atoms with van der Waals surface area (Å²) in [5.74, 6) is 0.208. The van der Waals surface area contributed by atoms with Gasteiger partial charge in [0.25, 0.3) is 0 Å². The van der Waals surface area contributed by atoms with Gasteiger partial charge in [-0.15, -0.1) is 0 Å². The molecular formula is C21H25ClN2O4S. The monoisotopic (exact) mass is 436 g/mol. The van der Waals surface area contributed by atoms with Crippen molar-refractivity contribution >= 4 is 38.9 Å². The zero-order chi connectivity index (χ0) is 21.6. The van der Waals surface area contributed by atoms with Crippen molar-refractivity contribution in [3.8, 4) is 5.75 Å². The van der Waals surface area contributed by atoms with Gasteiger partial charge in [0.15, 0.2) is 0 Å². The molecule has 29 heavy (non-hydrogen) atoms. The minimum Gasteiger partial charge on any atom is -0.490 e. The highest BCUT2D eigenvalue weighted by Gasteiger charge is 2.32. The van der Waals surface area contributed by atoms with E-state index in [1.54, 1.807) is 62.4 Å². The third-order valence-corrected chi connectivity index (χ3v) is 5.63. The second-order valence-corrected chi connectivity index (χ2v) is 8.82. The summed E-state index contributed by atoms with van der Waals surface area (Å²) < 4.78 is 31.7. The second kappa shape index (κ2) is 9.80. The Labute approximate surface area is 177 Å². The van der Waals surface area contributed by atoms with E-state index >= 15 is 0 Å². The van der Waals surface area contributed by atoms with Crippen LogP contribution in [0, 0.1) is 6.92 Å². The van der Waals surface area contributed by atoms with Gasteiger partial charge in [0, 0.05) is 10.7 Å². The van der Waals surface area contributed by atoms with E-state index in [1.807, 2.05) is 0 Å². The smallest absolute Gasteiger partial charge is 0.248 e. The Morgan fingerprint density at radius 3 is 2.48 bits per heavy atom. The number of nitrogens with zero attached hydrogens (tertiary/aromatic N) is 1. The van der Waals surface area contributed by atoms with E-state index in [0.29, 0.717) is 34.3 Å². The lowest BCUT2D eigenvalue weighted by Crippen LogP contribution is -2.47. The van der Waals surface area contributed by atoms with Gasteiger partial charge in [0.2, 0.25) is 15.9 Å². The highest BCUT2D eigenvalue weighted by Crippen LogP contribution is 2.29. The van der Waals surface area contributed by atoms with Crippen LogP contribution < -0.4 is 14.4 Å². The van der Waals surface area contributed by atoms with Crippen LogP contribution in [0.25, 0.3) is 0 Å². The number of rotatable bonds is 9. The fraction of sp³-hybridized carbons (Fsp3) is 0.286. The number of aryl methyl sites for hydroxylation is 1. The third kappa shape index (κ3) is 5.98. The van der Waals surface area contributed by atoms with Crippen LogP contribution >= 0.6 is 11.6 Å². The Morgan fingerprint density at radius 2 is 1.93 bits per heavy atom. The second-order valence-electron chi connectivity index (χ2n) is 6.53. The number of amides is 1. The maximum absolute atomic E-state index is 13.0. The van der Waals surface area contributed by atoms with E-state index in [4.69, 9.17) is 16.3 Å². The Morgan fingerprint density at radius 1 is 1.28 bits per heavy atom. The first-order chi connectivity index (χ1) is 13.7. The van der Waals surface area contributed by atoms with Gasteiger partial charge in [0.1, 0.15) is 18.4 Å². The first kappa shape index (κ1) is 22.8. The number of ether oxygens (including phenoxy) is 1. The molecule has 0 saturated carbocycles. The lowest BCUT2D eigenvalue weighted by atomic mass is 10.1. The van der Waals surface area contributed by atoms with E-state index < -0.39 is 22.0 Å². The minimum atomic E-state index is -3.74. The van der Waals surface area contributed by atoms with Crippen LogP contribution in [-0.4, -0.2) is 33.2 Å². The molecule has 0 radical (unpaired) electrons. The summed E-state index contributed by atoms with van der Waals surface area (Å²) in [6, 6.07) is 10.8. The number of carbonyl (C=O) groups excluding carboxylic acids is 1. The van der Waals surface area contributed by atoms with E-state index in [9.17, 15) is 13.2 Å². The van der Waals surface area contributed by atoms with Crippen LogP contribution in [0.5, 0.6) is 5.75 Å². The van der Waals surface area contributed by atoms with Crippen molar-refractivity contribution in [1.29, 1.82) is 0 Å². The largest absolute Gasteiger partial charge is 0.490 e. The fourth-order valence-corrected chi connectivity index (χ4v) is 4.30. The quantitative estimate of drug-likeness (QED) is 0.591. The van der Waals surface area contributed by atoms with E-state index in [-0.39, 0.29) is 6.42 Å². The summed E-state index contributed by atoms with van der Waals surface area (Å²) in [6.45, 7) is 7.50. The van der Waals surface area contributed by atoms with Crippen LogP contribution in [0.1, 0.15) is 18.9 Å². The van der Waals surface area contributed by atoms with Crippen LogP contribution in [0.15, 0.2) is 55.1 Å². The summed E-state index contributed by atoms with van der Waals surface area (Å²) in [5.41, 5.74) is 1.63. The summed E-state index contributed by atoms with van der Waals surface area (Å²) in [4.78, 5) is 13.0. The highest BCUT2D eigenvalue weighted by atomic mass is 35.5. The molecule has 0 aromatic heterocycles. The van der Waals surface area contributed by atoms with Crippen molar-refractivity contribution < 1.29 is 17.9 Å². The summed E-state index contributed by atoms with van der Waals surface area (Å²) in [5, 5.41) is 3.17. The van der Waals surface area contributed by atoms with Crippen molar-refractivity contribution in [2.75, 3.05) is 22.5 Å². The molecule has 0 heterocycles. The van der Waals surface area contributed by atoms with E-state index in [0.717, 1.165) is 10.6 Å². The van der Waals surface area contributed by atoms with Crippen molar-refractivity contribution in [2.45, 2.75) is 26.3 Å². The fourth-order valence-electron chi connectivity index (χ4n) is 2.87. The molecule has 2 rings (SSSR count). The van der Waals surface area contributed by atoms with Gasteiger partial charge in [-0.3, -0.25) is 9.10 Å². The first-order valence-corrected chi connectivity index (χ1v) is 11.3. The lowest BCUT2D eigenvalue weighted by Gasteiger charge is -2.31. The van der Waals surface area contributed by atoms with Crippen molar-refractivity contribution in [1.82, 2.24) is 0 Å². The molecule has 156 valence electrons. The van der Waals surface area contributed by atoms with Gasteiger partial charge in [-0.1, -0.05) is 37.2 Å². The number of hydrogen-bond donors (Lipinski definition) is 1. The van der Waals surface area contributed by atoms with Crippen LogP contribution in [0.4, 0.5) is 11.4 Å². The van der Waals surface area contributed by atoms with Gasteiger partial charge in [-0.05, 0) is 55.3 Å². The lowest BCUT2D eigenvalue weighted by molar-refractivity contribution is -0.117. The topological polar surface area (TPSA) is 75.7 Å². The number of hydrogen-bond acceptors (Lipinski definition) is 4. The molecule has 8 heteroatoms. The molecule has 1 amide bonds. The van der Waals surface area contributed by atoms with Crippen LogP contribution in [0.3, 0.4) is 0 Å². The number of nitrogens with one attached hydrogen (secondary N) is 1. The van der Waals surface area contributed by atoms with Crippen molar-refractivity contribution in [3.05, 3.63) is 65.7 Å². The zero-order valence-corrected chi connectivity index (χ0v) is 18.3. The molecule has 0 saturated heterocycles. The molecule has 0 aliphatic carbocycles. The molecule has 0 spiro atoms. The first-order valence-electron chi connectivity index (χ1n) is 9.07. The maximum Gasteiger partial charge on any atom is 0.248 e. The van der Waals surface area contributed by atoms with Gasteiger partial charge < -0.3 is 10.1 Å². The Hall–Kier alpha value is -2.51. The number of sulfonamides is 1. The number of anilines is 2. The third-order valence-electron chi connectivity index (χ3n) is 4.23. The summed E-state index contributed by atoms with van der Waals surface area (Å²) in [7, 11) is -3.74. The van der Waals surface area contributed by atoms with Crippen molar-refractivity contribution in [2.24, 2.45) is 0 Å². The molecule has 0 fully saturated rings. The standard InChI is InChI=1S/C21H25ClN2O4S/c1-5-13-28-18-11-9-17(10-12-18)23-21(25)19(6-2)24(29(4,26)27)20-14-16(22)8-7-15(20)3/h5,7-12,14,19H,1,6,13H2,2-4H3,(H,23,25)/t19-/m0/s1. The SMILES string of the molecule is C=CCOc1ccc(NC(=O)[C@H](CC)N(c2cc(Cl)ccc2C)S(C)(=O)=O)cc1. The van der Waals surface area contributed by atoms with Gasteiger partial charge >= 0.3 is 0 Å². The number of benzene rings is 2. The molecule has 0 aliphatic heterocycles. The summed E-state index contributed by atoms with van der Waals surface area (Å²) in [6.07, 6.45) is 3.00. The minimum absolute atomic E-state index is 0.283. The number of carbonyl (C=O) groups is 1. The predicted octanol–water partition coefficient (Wildman–Crippen LogP) is 4.40. The zero-order valence-electron chi connectivity index (χ0n) is 16.7. The molecule has 0 aliphatic rings. The van der Waals surface area contributed by atoms with Gasteiger partial charge in [-0.2, -0.15) is 0 Å². The Kier molecular flexibility index (Phi) is 7.70. The van der Waals surface area contributed by atoms with Crippen molar-refractivity contribution in [3.63, 3.8) is 0 Å². The molecule has 1 atom stereocenters. The molecule has 1 N–H and O–H groups in total. The molecule has 0 bridgehead atoms. The average molecular weight is 437 g/mol. The number of halogens is 1. The van der Waals surface area contributed by atoms with Crippen LogP contribution in [0.2, 0.25) is 5.02 Å². The average Bonchev–Trinajstić information content (AvgIpc) is 2.66. The highest BCUT2D eigenvalue weighted by molar-refractivity contribution is 7.92. The Bertz CT molecular complexity index is 975. The molecular weight excluding hydrogens is 412 g/mol. The van der Waals surface area contributed by atoms with Crippen LogP contribution in [-0.2, 0) is 14.8 Å². The van der Waals surface area contributed by atoms with E-state index in [2.05, 4.69) is 11.9 Å². The van der Waals surface area contributed by atoms with Gasteiger partial charge in [-0.25, -0.2) is 8.42 Å². The van der Waals surface area contributed by atoms with Gasteiger partial charge in [0.05, 0.1) is 11.9 Å². The summed E-state index contributed by atoms with van der Waals surface area (Å²) >= 11 is 6.08. The van der Waals surface area contributed by atoms with E-state index in [1.165, 1.54) is 0 Å². The normalized spacial score (nSPS) is 12.1. The predicted molar refractivity (Wildman–Crippen MR) is 118 cm³/mol. The molecule has 2 aromatic carbocycles. The Balaban J connectivity index is 2.31. The molecule has 0 unspecified atom stereocenters. The molecule has 6 nitrogen and oxygen atoms in total.